The molecule has 0 saturated heterocycles. The highest BCUT2D eigenvalue weighted by atomic mass is 19.1. The molecule has 2 aromatic carbocycles. The lowest BCUT2D eigenvalue weighted by atomic mass is 10.2. The van der Waals surface area contributed by atoms with Crippen LogP contribution in [0, 0.1) is 5.82 Å². The topological polar surface area (TPSA) is 97.1 Å². The Balaban J connectivity index is 2.10. The van der Waals surface area contributed by atoms with Crippen LogP contribution in [0.1, 0.15) is 15.9 Å². The van der Waals surface area contributed by atoms with E-state index in [1.165, 1.54) is 50.6 Å². The number of ether oxygens (including phenoxy) is 4. The largest absolute Gasteiger partial charge is 0.496 e. The fraction of sp³-hybridized carbons (Fsp3) is 0.222. The number of methoxy groups -OCH3 is 2. The molecule has 7 nitrogen and oxygen atoms in total. The number of carbonyl (C=O) groups excluding carboxylic acids is 2. The van der Waals surface area contributed by atoms with Crippen LogP contribution in [0.2, 0.25) is 0 Å². The molecule has 26 heavy (non-hydrogen) atoms. The minimum absolute atomic E-state index is 0.165. The molecule has 0 bridgehead atoms. The van der Waals surface area contributed by atoms with Crippen molar-refractivity contribution in [2.24, 2.45) is 5.73 Å². The molecule has 2 N–H and O–H groups in total. The summed E-state index contributed by atoms with van der Waals surface area (Å²) < 4.78 is 34.0. The summed E-state index contributed by atoms with van der Waals surface area (Å²) in [6.45, 7) is -0.485. The lowest BCUT2D eigenvalue weighted by Gasteiger charge is -2.12. The van der Waals surface area contributed by atoms with E-state index in [1.54, 1.807) is 0 Å². The Labute approximate surface area is 149 Å². The van der Waals surface area contributed by atoms with Crippen LogP contribution < -0.4 is 19.9 Å². The molecule has 2 rings (SSSR count). The summed E-state index contributed by atoms with van der Waals surface area (Å²) >= 11 is 0. The van der Waals surface area contributed by atoms with Crippen molar-refractivity contribution in [3.63, 3.8) is 0 Å². The number of benzene rings is 2. The van der Waals surface area contributed by atoms with Crippen LogP contribution in [0.15, 0.2) is 36.4 Å². The monoisotopic (exact) mass is 363 g/mol. The normalized spacial score (nSPS) is 10.1. The zero-order chi connectivity index (χ0) is 19.1. The van der Waals surface area contributed by atoms with Crippen molar-refractivity contribution in [3.05, 3.63) is 53.3 Å². The zero-order valence-electron chi connectivity index (χ0n) is 14.3. The lowest BCUT2D eigenvalue weighted by Crippen LogP contribution is -2.20. The molecule has 0 aliphatic rings. The third-order valence-electron chi connectivity index (χ3n) is 3.37. The summed E-state index contributed by atoms with van der Waals surface area (Å²) in [5, 5.41) is 0. The van der Waals surface area contributed by atoms with Crippen molar-refractivity contribution in [1.82, 2.24) is 0 Å². The summed E-state index contributed by atoms with van der Waals surface area (Å²) in [6.07, 6.45) is 0. The Kier molecular flexibility index (Phi) is 6.37. The first-order valence-corrected chi connectivity index (χ1v) is 7.53. The number of nitrogens with two attached hydrogens (primary N) is 1. The molecular formula is C18H18FNO6. The zero-order valence-corrected chi connectivity index (χ0v) is 14.3. The van der Waals surface area contributed by atoms with Gasteiger partial charge >= 0.3 is 5.97 Å². The number of amides is 1. The quantitative estimate of drug-likeness (QED) is 0.721. The lowest BCUT2D eigenvalue weighted by molar-refractivity contribution is -0.119. The molecule has 0 unspecified atom stereocenters. The van der Waals surface area contributed by atoms with Crippen molar-refractivity contribution in [2.75, 3.05) is 20.8 Å². The molecule has 1 amide bonds. The van der Waals surface area contributed by atoms with Gasteiger partial charge in [-0.25, -0.2) is 9.18 Å². The maximum atomic E-state index is 13.3. The number of primary amides is 1. The number of carbonyl (C=O) groups is 2. The second kappa shape index (κ2) is 8.70. The van der Waals surface area contributed by atoms with Gasteiger partial charge in [-0.05, 0) is 36.4 Å². The molecule has 2 aromatic rings. The highest BCUT2D eigenvalue weighted by molar-refractivity contribution is 5.90. The summed E-state index contributed by atoms with van der Waals surface area (Å²) in [7, 11) is 2.83. The van der Waals surface area contributed by atoms with Crippen LogP contribution in [0.5, 0.6) is 17.2 Å². The van der Waals surface area contributed by atoms with Gasteiger partial charge in [0.25, 0.3) is 5.91 Å². The van der Waals surface area contributed by atoms with Crippen molar-refractivity contribution in [2.45, 2.75) is 6.61 Å². The predicted molar refractivity (Wildman–Crippen MR) is 89.8 cm³/mol. The summed E-state index contributed by atoms with van der Waals surface area (Å²) in [6, 6.07) is 8.24. The number of rotatable bonds is 8. The van der Waals surface area contributed by atoms with Crippen LogP contribution in [-0.2, 0) is 16.1 Å². The minimum Gasteiger partial charge on any atom is -0.496 e. The summed E-state index contributed by atoms with van der Waals surface area (Å²) in [5.74, 6) is -0.837. The van der Waals surface area contributed by atoms with Gasteiger partial charge in [0.2, 0.25) is 0 Å². The van der Waals surface area contributed by atoms with Gasteiger partial charge in [0, 0.05) is 5.56 Å². The number of hydrogen-bond donors (Lipinski definition) is 1. The highest BCUT2D eigenvalue weighted by Crippen LogP contribution is 2.28. The van der Waals surface area contributed by atoms with Gasteiger partial charge in [-0.15, -0.1) is 0 Å². The Bertz CT molecular complexity index is 808. The molecule has 0 atom stereocenters. The average Bonchev–Trinajstić information content (AvgIpc) is 2.64. The third kappa shape index (κ3) is 4.85. The highest BCUT2D eigenvalue weighted by Gasteiger charge is 2.14. The molecule has 0 spiro atoms. The number of hydrogen-bond acceptors (Lipinski definition) is 6. The van der Waals surface area contributed by atoms with E-state index in [4.69, 9.17) is 24.7 Å². The smallest absolute Gasteiger partial charge is 0.338 e. The average molecular weight is 363 g/mol. The Morgan fingerprint density at radius 1 is 1.00 bits per heavy atom. The van der Waals surface area contributed by atoms with Crippen molar-refractivity contribution < 1.29 is 32.9 Å². The van der Waals surface area contributed by atoms with E-state index < -0.39 is 17.7 Å². The number of halogens is 1. The van der Waals surface area contributed by atoms with Gasteiger partial charge in [0.05, 0.1) is 19.8 Å². The molecule has 0 fully saturated rings. The van der Waals surface area contributed by atoms with E-state index in [0.717, 1.165) is 0 Å². The summed E-state index contributed by atoms with van der Waals surface area (Å²) in [4.78, 5) is 23.0. The first kappa shape index (κ1) is 19.0. The van der Waals surface area contributed by atoms with Gasteiger partial charge in [0.15, 0.2) is 18.1 Å². The number of esters is 1. The fourth-order valence-electron chi connectivity index (χ4n) is 2.15. The molecule has 0 aromatic heterocycles. The first-order valence-electron chi connectivity index (χ1n) is 7.53. The Hall–Kier alpha value is -3.29. The van der Waals surface area contributed by atoms with Gasteiger partial charge < -0.3 is 24.7 Å². The van der Waals surface area contributed by atoms with E-state index >= 15 is 0 Å². The van der Waals surface area contributed by atoms with E-state index in [0.29, 0.717) is 11.3 Å². The van der Waals surface area contributed by atoms with Crippen molar-refractivity contribution in [1.29, 1.82) is 0 Å². The second-order valence-electron chi connectivity index (χ2n) is 5.15. The van der Waals surface area contributed by atoms with Gasteiger partial charge in [-0.1, -0.05) is 0 Å². The molecule has 138 valence electrons. The van der Waals surface area contributed by atoms with Crippen LogP contribution in [0.25, 0.3) is 0 Å². The molecule has 0 radical (unpaired) electrons. The van der Waals surface area contributed by atoms with E-state index in [1.807, 2.05) is 0 Å². The Morgan fingerprint density at radius 3 is 2.35 bits per heavy atom. The van der Waals surface area contributed by atoms with E-state index in [-0.39, 0.29) is 30.3 Å². The molecule has 0 heterocycles. The SMILES string of the molecule is COc1ccc(F)cc1COC(=O)c1ccc(OCC(N)=O)c(OC)c1. The second-order valence-corrected chi connectivity index (χ2v) is 5.15. The summed E-state index contributed by atoms with van der Waals surface area (Å²) in [5.41, 5.74) is 5.62. The predicted octanol–water partition coefficient (Wildman–Crippen LogP) is 2.06. The third-order valence-corrected chi connectivity index (χ3v) is 3.37. The molecule has 0 aliphatic carbocycles. The Morgan fingerprint density at radius 2 is 1.69 bits per heavy atom. The van der Waals surface area contributed by atoms with Gasteiger partial charge in [-0.3, -0.25) is 4.79 Å². The van der Waals surface area contributed by atoms with Gasteiger partial charge in [0.1, 0.15) is 18.2 Å². The van der Waals surface area contributed by atoms with E-state index in [9.17, 15) is 14.0 Å². The fourth-order valence-corrected chi connectivity index (χ4v) is 2.15. The molecular weight excluding hydrogens is 345 g/mol. The molecule has 8 heteroatoms. The van der Waals surface area contributed by atoms with Gasteiger partial charge in [-0.2, -0.15) is 0 Å². The standard InChI is InChI=1S/C18H18FNO6/c1-23-14-6-4-13(19)7-12(14)9-26-18(22)11-3-5-15(16(8-11)24-2)25-10-17(20)21/h3-8H,9-10H2,1-2H3,(H2,20,21). The van der Waals surface area contributed by atoms with Crippen LogP contribution in [-0.4, -0.2) is 32.7 Å². The maximum Gasteiger partial charge on any atom is 0.338 e. The van der Waals surface area contributed by atoms with Crippen LogP contribution >= 0.6 is 0 Å². The first-order chi connectivity index (χ1) is 12.4. The molecule has 0 aliphatic heterocycles. The van der Waals surface area contributed by atoms with Crippen LogP contribution in [0.4, 0.5) is 4.39 Å². The minimum atomic E-state index is -0.643. The van der Waals surface area contributed by atoms with Crippen molar-refractivity contribution >= 4 is 11.9 Å². The van der Waals surface area contributed by atoms with Crippen molar-refractivity contribution in [3.8, 4) is 17.2 Å². The van der Waals surface area contributed by atoms with E-state index in [2.05, 4.69) is 0 Å². The maximum absolute atomic E-state index is 13.3. The molecule has 0 saturated carbocycles. The van der Waals surface area contributed by atoms with Crippen LogP contribution in [0.3, 0.4) is 0 Å².